The highest BCUT2D eigenvalue weighted by Crippen LogP contribution is 2.53. The molecule has 0 N–H and O–H groups in total. The lowest BCUT2D eigenvalue weighted by Crippen LogP contribution is -2.14. The zero-order valence-electron chi connectivity index (χ0n) is 47.4. The number of rotatable bonds is 5. The molecule has 2 aliphatic rings. The lowest BCUT2D eigenvalue weighted by molar-refractivity contribution is 0.660. The molecule has 13 aromatic carbocycles. The number of nitrogens with zero attached hydrogens (tertiary/aromatic N) is 5. The Balaban J connectivity index is 0.743. The van der Waals surface area contributed by atoms with Gasteiger partial charge in [-0.2, -0.15) is 0 Å². The van der Waals surface area contributed by atoms with E-state index in [-0.39, 0.29) is 10.8 Å². The first-order valence-electron chi connectivity index (χ1n) is 29.5. The van der Waals surface area contributed by atoms with Crippen molar-refractivity contribution in [2.75, 3.05) is 0 Å². The monoisotopic (exact) mass is 1080 g/mol. The molecule has 2 aliphatic carbocycles. The van der Waals surface area contributed by atoms with Crippen molar-refractivity contribution in [2.45, 2.75) is 38.5 Å². The lowest BCUT2D eigenvalue weighted by Gasteiger charge is -2.21. The second-order valence-electron chi connectivity index (χ2n) is 24.5. The SMILES string of the molecule is CC1(C)c2ccc(-c3ccc4c(c3)c3cc(-c5ccc6c(c5)-c5cc(-c7cnc8c9ccccc9c9ccccc9c8n7)ccc5C6(C)C)ccc3n4-c3ccccc3)cc2-c2cc(-c3cnc4c5ccccc5c5ccccc5c4n3)ccc21. The van der Waals surface area contributed by atoms with Crippen LogP contribution < -0.4 is 0 Å². The van der Waals surface area contributed by atoms with Crippen molar-refractivity contribution >= 4 is 87.0 Å². The van der Waals surface area contributed by atoms with Gasteiger partial charge in [-0.3, -0.25) is 9.97 Å². The Morgan fingerprint density at radius 3 is 0.965 bits per heavy atom. The zero-order chi connectivity index (χ0) is 56.4. The molecule has 398 valence electrons. The second kappa shape index (κ2) is 17.5. The minimum atomic E-state index is -0.176. The predicted octanol–water partition coefficient (Wildman–Crippen LogP) is 20.6. The quantitative estimate of drug-likeness (QED) is 0.161. The van der Waals surface area contributed by atoms with Gasteiger partial charge in [-0.15, -0.1) is 0 Å². The fourth-order valence-corrected chi connectivity index (χ4v) is 15.0. The van der Waals surface area contributed by atoms with Crippen LogP contribution in [-0.4, -0.2) is 24.5 Å². The topological polar surface area (TPSA) is 56.5 Å². The first-order valence-corrected chi connectivity index (χ1v) is 29.5. The van der Waals surface area contributed by atoms with E-state index in [9.17, 15) is 0 Å². The maximum absolute atomic E-state index is 5.41. The Hall–Kier alpha value is -10.6. The molecule has 16 aromatic rings. The molecule has 0 saturated heterocycles. The van der Waals surface area contributed by atoms with Gasteiger partial charge >= 0.3 is 0 Å². The van der Waals surface area contributed by atoms with Gasteiger partial charge in [0.25, 0.3) is 0 Å². The Morgan fingerprint density at radius 1 is 0.271 bits per heavy atom. The molecule has 5 nitrogen and oxygen atoms in total. The Labute approximate surface area is 491 Å². The van der Waals surface area contributed by atoms with Gasteiger partial charge in [0.1, 0.15) is 0 Å². The van der Waals surface area contributed by atoms with Crippen molar-refractivity contribution in [1.29, 1.82) is 0 Å². The summed E-state index contributed by atoms with van der Waals surface area (Å²) in [4.78, 5) is 21.1. The molecule has 0 spiro atoms. The van der Waals surface area contributed by atoms with E-state index in [1.165, 1.54) is 110 Å². The standard InChI is InChI=1S/C80H53N5/c1-79(2)67-32-26-46(38-61(67)63-42-50(28-34-69(63)79)71-44-81-75-57-22-12-8-18-53(57)55-20-10-14-24-59(55)77(75)83-71)48-30-36-73-65(40-48)66-41-49(31-37-74(66)85(73)52-16-6-5-7-17-52)47-27-33-68-62(39-47)64-43-51(29-35-70(64)80(68,3)4)72-45-82-76-58-23-13-9-19-54(58)56-21-11-15-25-60(56)78(76)84-72/h5-45H,1-4H3. The number of benzene rings is 13. The minimum Gasteiger partial charge on any atom is -0.309 e. The Morgan fingerprint density at radius 2 is 0.576 bits per heavy atom. The van der Waals surface area contributed by atoms with E-state index in [1.807, 2.05) is 12.4 Å². The largest absolute Gasteiger partial charge is 0.309 e. The summed E-state index contributed by atoms with van der Waals surface area (Å²) in [6, 6.07) is 87.2. The third-order valence-electron chi connectivity index (χ3n) is 19.2. The molecule has 0 unspecified atom stereocenters. The summed E-state index contributed by atoms with van der Waals surface area (Å²) in [5.74, 6) is 0. The van der Waals surface area contributed by atoms with E-state index >= 15 is 0 Å². The minimum absolute atomic E-state index is 0.176. The highest BCUT2D eigenvalue weighted by Gasteiger charge is 2.37. The first kappa shape index (κ1) is 48.0. The molecular weight excluding hydrogens is 1030 g/mol. The molecule has 0 bridgehead atoms. The predicted molar refractivity (Wildman–Crippen MR) is 354 cm³/mol. The van der Waals surface area contributed by atoms with Crippen molar-refractivity contribution in [3.63, 3.8) is 0 Å². The highest BCUT2D eigenvalue weighted by molar-refractivity contribution is 6.24. The zero-order valence-corrected chi connectivity index (χ0v) is 47.4. The van der Waals surface area contributed by atoms with Gasteiger partial charge in [-0.25, -0.2) is 9.97 Å². The first-order chi connectivity index (χ1) is 41.6. The van der Waals surface area contributed by atoms with Crippen molar-refractivity contribution < 1.29 is 0 Å². The van der Waals surface area contributed by atoms with Crippen molar-refractivity contribution in [3.8, 4) is 72.7 Å². The fourth-order valence-electron chi connectivity index (χ4n) is 15.0. The van der Waals surface area contributed by atoms with E-state index in [2.05, 4.69) is 269 Å². The summed E-state index contributed by atoms with van der Waals surface area (Å²) in [6.45, 7) is 9.42. The number of hydrogen-bond acceptors (Lipinski definition) is 4. The van der Waals surface area contributed by atoms with Gasteiger partial charge in [-0.05, 0) is 149 Å². The van der Waals surface area contributed by atoms with Crippen LogP contribution in [0.4, 0.5) is 0 Å². The highest BCUT2D eigenvalue weighted by atomic mass is 15.0. The Bertz CT molecular complexity index is 5210. The van der Waals surface area contributed by atoms with E-state index in [1.54, 1.807) is 0 Å². The van der Waals surface area contributed by atoms with Crippen molar-refractivity contribution in [3.05, 3.63) is 271 Å². The molecule has 18 rings (SSSR count). The molecule has 0 saturated carbocycles. The summed E-state index contributed by atoms with van der Waals surface area (Å²) < 4.78 is 2.42. The van der Waals surface area contributed by atoms with Crippen LogP contribution in [0.15, 0.2) is 249 Å². The van der Waals surface area contributed by atoms with E-state index < -0.39 is 0 Å². The van der Waals surface area contributed by atoms with Crippen molar-refractivity contribution in [2.24, 2.45) is 0 Å². The number of hydrogen-bond donors (Lipinski definition) is 0. The number of aromatic nitrogens is 5. The summed E-state index contributed by atoms with van der Waals surface area (Å²) in [6.07, 6.45) is 3.92. The van der Waals surface area contributed by atoms with Crippen LogP contribution in [0.25, 0.3) is 160 Å². The third-order valence-corrected chi connectivity index (χ3v) is 19.2. The van der Waals surface area contributed by atoms with Gasteiger partial charge in [0.05, 0.1) is 56.9 Å². The number of fused-ring (bicyclic) bond motifs is 21. The fraction of sp³-hybridized carbons (Fsp3) is 0.0750. The van der Waals surface area contributed by atoms with Gasteiger partial charge in [0.15, 0.2) is 0 Å². The summed E-state index contributed by atoms with van der Waals surface area (Å²) in [5.41, 5.74) is 25.8. The molecule has 0 fully saturated rings. The third kappa shape index (κ3) is 6.86. The summed E-state index contributed by atoms with van der Waals surface area (Å²) in [7, 11) is 0. The van der Waals surface area contributed by atoms with Crippen LogP contribution in [0, 0.1) is 0 Å². The molecule has 0 radical (unpaired) electrons. The molecule has 5 heteroatoms. The molecule has 0 amide bonds. The second-order valence-corrected chi connectivity index (χ2v) is 24.5. The van der Waals surface area contributed by atoms with Gasteiger partial charge < -0.3 is 4.57 Å². The van der Waals surface area contributed by atoms with E-state index in [4.69, 9.17) is 19.9 Å². The number of para-hydroxylation sites is 1. The van der Waals surface area contributed by atoms with E-state index in [0.717, 1.165) is 71.8 Å². The summed E-state index contributed by atoms with van der Waals surface area (Å²) in [5, 5.41) is 11.7. The van der Waals surface area contributed by atoms with Crippen LogP contribution in [0.3, 0.4) is 0 Å². The van der Waals surface area contributed by atoms with Crippen LogP contribution in [0.5, 0.6) is 0 Å². The molecule has 0 atom stereocenters. The van der Waals surface area contributed by atoms with Crippen LogP contribution in [0.2, 0.25) is 0 Å². The van der Waals surface area contributed by atoms with Crippen LogP contribution in [0.1, 0.15) is 49.9 Å². The summed E-state index contributed by atoms with van der Waals surface area (Å²) >= 11 is 0. The smallest absolute Gasteiger partial charge is 0.0979 e. The average Bonchev–Trinajstić information content (AvgIpc) is 2.36. The lowest BCUT2D eigenvalue weighted by atomic mass is 9.82. The van der Waals surface area contributed by atoms with Crippen LogP contribution >= 0.6 is 0 Å². The molecule has 0 aliphatic heterocycles. The Kier molecular flexibility index (Phi) is 9.85. The molecule has 3 aromatic heterocycles. The van der Waals surface area contributed by atoms with Crippen LogP contribution in [-0.2, 0) is 10.8 Å². The average molecular weight is 1080 g/mol. The molecule has 85 heavy (non-hydrogen) atoms. The maximum Gasteiger partial charge on any atom is 0.0979 e. The molecular formula is C80H53N5. The van der Waals surface area contributed by atoms with Gasteiger partial charge in [0, 0.05) is 60.0 Å². The normalized spacial score (nSPS) is 13.8. The maximum atomic E-state index is 5.41. The van der Waals surface area contributed by atoms with E-state index in [0.29, 0.717) is 0 Å². The van der Waals surface area contributed by atoms with Gasteiger partial charge in [0.2, 0.25) is 0 Å². The van der Waals surface area contributed by atoms with Crippen molar-refractivity contribution in [1.82, 2.24) is 24.5 Å². The van der Waals surface area contributed by atoms with Gasteiger partial charge in [-0.1, -0.05) is 204 Å². The molecule has 3 heterocycles.